The van der Waals surface area contributed by atoms with Gasteiger partial charge in [-0.15, -0.1) is 0 Å². The van der Waals surface area contributed by atoms with Crippen molar-refractivity contribution in [1.29, 1.82) is 0 Å². The molecule has 8 rings (SSSR count). The molecule has 314 valence electrons. The fourth-order valence-corrected chi connectivity index (χ4v) is 9.27. The topological polar surface area (TPSA) is 169 Å². The fraction of sp³-hybridized carbons (Fsp3) is 0.535. The van der Waals surface area contributed by atoms with E-state index in [9.17, 15) is 28.7 Å². The van der Waals surface area contributed by atoms with Gasteiger partial charge in [-0.1, -0.05) is 18.2 Å². The first kappa shape index (κ1) is 40.6. The van der Waals surface area contributed by atoms with Crippen LogP contribution in [0, 0.1) is 17.6 Å². The molecule has 4 N–H and O–H groups in total. The third-order valence-electron chi connectivity index (χ3n) is 12.7. The van der Waals surface area contributed by atoms with E-state index in [1.807, 2.05) is 4.90 Å². The number of aromatic nitrogens is 2. The Morgan fingerprint density at radius 2 is 1.69 bits per heavy atom. The standard InChI is InChI=1S/C43H52F2N8O6/c44-34-24-31(47-36-11-12-37(54)49-39(36)55)9-10-33(34)27-13-18-51(19-14-27)26-43(58)15-20-52(21-16-43)40(56)28-5-7-30(8-6-28)48-41-46-25-35(45)38(50-41)29-3-1-4-32(23-29)53-17-2-22-59-42(53)57/h1,3-4,9-10,23-25,27-28,30,36,47,58H,2,5-8,11-22,26H2,(H,46,48,50)(H,49,54,55). The number of amides is 4. The number of ether oxygens (including phenoxy) is 1. The van der Waals surface area contributed by atoms with Crippen LogP contribution in [0.25, 0.3) is 11.3 Å². The minimum absolute atomic E-state index is 0.0280. The number of rotatable bonds is 10. The number of cyclic esters (lactones) is 1. The van der Waals surface area contributed by atoms with Crippen molar-refractivity contribution in [3.05, 3.63) is 65.9 Å². The number of nitrogens with one attached hydrogen (secondary N) is 3. The number of anilines is 3. The zero-order valence-electron chi connectivity index (χ0n) is 33.1. The molecule has 3 aromatic rings. The second kappa shape index (κ2) is 17.6. The SMILES string of the molecule is O=C1CCC(Nc2ccc(C3CCN(CC4(O)CCN(C(=O)C5CCC(Nc6ncc(F)c(-c7cccc(N8CCCOC8=O)c7)n6)CC5)CC4)CC3)c(F)c2)C(=O)N1. The van der Waals surface area contributed by atoms with Crippen LogP contribution in [0.15, 0.2) is 48.7 Å². The number of piperidine rings is 3. The van der Waals surface area contributed by atoms with Crippen LogP contribution in [-0.4, -0.2) is 112 Å². The summed E-state index contributed by atoms with van der Waals surface area (Å²) in [6.45, 7) is 3.89. The summed E-state index contributed by atoms with van der Waals surface area (Å²) in [5.74, 6) is -1.20. The second-order valence-corrected chi connectivity index (χ2v) is 16.7. The van der Waals surface area contributed by atoms with Crippen molar-refractivity contribution in [1.82, 2.24) is 25.1 Å². The zero-order chi connectivity index (χ0) is 41.1. The normalized spacial score (nSPS) is 24.3. The van der Waals surface area contributed by atoms with Gasteiger partial charge < -0.3 is 30.3 Å². The van der Waals surface area contributed by atoms with E-state index in [0.29, 0.717) is 99.8 Å². The van der Waals surface area contributed by atoms with Crippen LogP contribution in [0.4, 0.5) is 30.9 Å². The van der Waals surface area contributed by atoms with E-state index in [0.717, 1.165) is 45.0 Å². The molecule has 16 heteroatoms. The molecule has 4 amide bonds. The minimum Gasteiger partial charge on any atom is -0.449 e. The van der Waals surface area contributed by atoms with Crippen LogP contribution in [0.3, 0.4) is 0 Å². The Morgan fingerprint density at radius 3 is 2.42 bits per heavy atom. The van der Waals surface area contributed by atoms with Crippen LogP contribution in [-0.2, 0) is 19.1 Å². The first-order valence-corrected chi connectivity index (χ1v) is 21.0. The number of halogens is 2. The molecule has 0 spiro atoms. The maximum atomic E-state index is 15.3. The highest BCUT2D eigenvalue weighted by Crippen LogP contribution is 2.35. The highest BCUT2D eigenvalue weighted by Gasteiger charge is 2.39. The third kappa shape index (κ3) is 9.49. The Labute approximate surface area is 342 Å². The van der Waals surface area contributed by atoms with Gasteiger partial charge in [-0.2, -0.15) is 0 Å². The molecule has 4 aliphatic heterocycles. The number of imide groups is 1. The number of hydrogen-bond acceptors (Lipinski definition) is 11. The number of hydrogen-bond donors (Lipinski definition) is 4. The largest absolute Gasteiger partial charge is 0.449 e. The predicted molar refractivity (Wildman–Crippen MR) is 215 cm³/mol. The lowest BCUT2D eigenvalue weighted by Crippen LogP contribution is -2.54. The molecule has 1 aliphatic carbocycles. The zero-order valence-corrected chi connectivity index (χ0v) is 33.1. The van der Waals surface area contributed by atoms with Crippen molar-refractivity contribution in [3.8, 4) is 11.3 Å². The highest BCUT2D eigenvalue weighted by molar-refractivity contribution is 6.01. The van der Waals surface area contributed by atoms with Gasteiger partial charge in [0.05, 0.1) is 18.4 Å². The number of aliphatic hydroxyl groups is 1. The van der Waals surface area contributed by atoms with Gasteiger partial charge in [0.1, 0.15) is 17.6 Å². The van der Waals surface area contributed by atoms with Crippen LogP contribution in [0.1, 0.15) is 82.1 Å². The number of carbonyl (C=O) groups is 4. The monoisotopic (exact) mass is 814 g/mol. The van der Waals surface area contributed by atoms with Crippen molar-refractivity contribution in [2.75, 3.05) is 61.4 Å². The summed E-state index contributed by atoms with van der Waals surface area (Å²) in [5, 5.41) is 20.3. The maximum absolute atomic E-state index is 15.3. The molecular weight excluding hydrogens is 763 g/mol. The Morgan fingerprint density at radius 1 is 0.915 bits per heavy atom. The molecule has 4 saturated heterocycles. The summed E-state index contributed by atoms with van der Waals surface area (Å²) in [5.41, 5.74) is 1.53. The maximum Gasteiger partial charge on any atom is 0.414 e. The lowest BCUT2D eigenvalue weighted by Gasteiger charge is -2.43. The van der Waals surface area contributed by atoms with Crippen LogP contribution in [0.5, 0.6) is 0 Å². The van der Waals surface area contributed by atoms with Gasteiger partial charge in [-0.3, -0.25) is 24.6 Å². The molecule has 5 aliphatic rings. The van der Waals surface area contributed by atoms with Crippen molar-refractivity contribution in [3.63, 3.8) is 0 Å². The molecule has 1 saturated carbocycles. The lowest BCUT2D eigenvalue weighted by atomic mass is 9.83. The number of nitrogens with zero attached hydrogens (tertiary/aromatic N) is 5. The van der Waals surface area contributed by atoms with E-state index in [1.54, 1.807) is 36.4 Å². The van der Waals surface area contributed by atoms with Gasteiger partial charge in [-0.25, -0.2) is 23.5 Å². The molecule has 0 bridgehead atoms. The predicted octanol–water partition coefficient (Wildman–Crippen LogP) is 5.19. The van der Waals surface area contributed by atoms with Crippen molar-refractivity contribution in [2.24, 2.45) is 5.92 Å². The first-order chi connectivity index (χ1) is 28.5. The molecular formula is C43H52F2N8O6. The number of benzene rings is 2. The third-order valence-corrected chi connectivity index (χ3v) is 12.7. The summed E-state index contributed by atoms with van der Waals surface area (Å²) in [6.07, 6.45) is 7.44. The van der Waals surface area contributed by atoms with Gasteiger partial charge >= 0.3 is 6.09 Å². The van der Waals surface area contributed by atoms with E-state index < -0.39 is 29.5 Å². The summed E-state index contributed by atoms with van der Waals surface area (Å²) in [4.78, 5) is 63.8. The molecule has 1 atom stereocenters. The van der Waals surface area contributed by atoms with Gasteiger partial charge in [0, 0.05) is 61.5 Å². The summed E-state index contributed by atoms with van der Waals surface area (Å²) in [6, 6.07) is 11.4. The van der Waals surface area contributed by atoms with Crippen molar-refractivity contribution >= 4 is 41.1 Å². The molecule has 1 unspecified atom stereocenters. The Bertz CT molecular complexity index is 2050. The van der Waals surface area contributed by atoms with Gasteiger partial charge in [0.2, 0.25) is 23.7 Å². The van der Waals surface area contributed by atoms with Gasteiger partial charge in [0.25, 0.3) is 0 Å². The number of β-amino-alcohol motifs (C(OH)–C–C–N with tert-alkyl or cyclic N) is 1. The molecule has 2 aromatic carbocycles. The van der Waals surface area contributed by atoms with E-state index in [2.05, 4.69) is 30.8 Å². The lowest BCUT2D eigenvalue weighted by molar-refractivity contribution is -0.141. The Kier molecular flexibility index (Phi) is 12.1. The molecule has 1 aromatic heterocycles. The smallest absolute Gasteiger partial charge is 0.414 e. The molecule has 5 heterocycles. The minimum atomic E-state index is -0.894. The van der Waals surface area contributed by atoms with E-state index in [-0.39, 0.29) is 47.6 Å². The molecule has 59 heavy (non-hydrogen) atoms. The van der Waals surface area contributed by atoms with Crippen molar-refractivity contribution < 1.29 is 37.8 Å². The highest BCUT2D eigenvalue weighted by atomic mass is 19.1. The van der Waals surface area contributed by atoms with Crippen LogP contribution in [0.2, 0.25) is 0 Å². The fourth-order valence-electron chi connectivity index (χ4n) is 9.27. The van der Waals surface area contributed by atoms with Gasteiger partial charge in [0.15, 0.2) is 5.82 Å². The Balaban J connectivity index is 0.770. The summed E-state index contributed by atoms with van der Waals surface area (Å²) in [7, 11) is 0. The number of likely N-dealkylation sites (tertiary alicyclic amines) is 2. The second-order valence-electron chi connectivity index (χ2n) is 16.7. The molecule has 5 fully saturated rings. The average molecular weight is 815 g/mol. The average Bonchev–Trinajstić information content (AvgIpc) is 3.23. The summed E-state index contributed by atoms with van der Waals surface area (Å²) >= 11 is 0. The molecule has 0 radical (unpaired) electrons. The summed E-state index contributed by atoms with van der Waals surface area (Å²) < 4.78 is 35.4. The number of carbonyl (C=O) groups excluding carboxylic acids is 4. The first-order valence-electron chi connectivity index (χ1n) is 21.0. The van der Waals surface area contributed by atoms with Crippen LogP contribution < -0.4 is 20.9 Å². The van der Waals surface area contributed by atoms with E-state index in [1.165, 1.54) is 11.0 Å². The van der Waals surface area contributed by atoms with E-state index in [4.69, 9.17) is 4.74 Å². The van der Waals surface area contributed by atoms with Crippen molar-refractivity contribution in [2.45, 2.75) is 94.2 Å². The Hall–Kier alpha value is -5.22. The molecule has 14 nitrogen and oxygen atoms in total. The van der Waals surface area contributed by atoms with E-state index >= 15 is 4.39 Å². The van der Waals surface area contributed by atoms with Gasteiger partial charge in [-0.05, 0) is 113 Å². The van der Waals surface area contributed by atoms with Crippen LogP contribution >= 0.6 is 0 Å². The quantitative estimate of drug-likeness (QED) is 0.199.